The van der Waals surface area contributed by atoms with Crippen LogP contribution in [0, 0.1) is 5.41 Å². The molecule has 0 bridgehead atoms. The molecule has 4 N–H and O–H groups in total. The Morgan fingerprint density at radius 2 is 2.08 bits per heavy atom. The zero-order chi connectivity index (χ0) is 19.8. The quantitative estimate of drug-likeness (QED) is 0.171. The smallest absolute Gasteiger partial charge is 0.407 e. The minimum atomic E-state index is -0.506. The third-order valence-electron chi connectivity index (χ3n) is 4.64. The van der Waals surface area contributed by atoms with Gasteiger partial charge in [0.15, 0.2) is 6.40 Å². The number of ether oxygens (including phenoxy) is 2. The van der Waals surface area contributed by atoms with Crippen LogP contribution in [0.4, 0.5) is 4.79 Å². The van der Waals surface area contributed by atoms with Crippen molar-refractivity contribution in [2.24, 2.45) is 16.4 Å². The maximum atomic E-state index is 12.2. The van der Waals surface area contributed by atoms with Crippen molar-refractivity contribution in [2.45, 2.75) is 84.4 Å². The highest BCUT2D eigenvalue weighted by atomic mass is 16.6. The van der Waals surface area contributed by atoms with E-state index in [1.54, 1.807) is 0 Å². The first-order chi connectivity index (χ1) is 12.1. The number of alkyl carbamates (subject to hydrolysis) is 1. The molecule has 0 saturated heterocycles. The molecule has 1 saturated carbocycles. The van der Waals surface area contributed by atoms with Crippen LogP contribution in [-0.2, 0) is 9.47 Å². The van der Waals surface area contributed by atoms with Gasteiger partial charge in [-0.1, -0.05) is 26.3 Å². The normalized spacial score (nSPS) is 18.2. The molecule has 7 nitrogen and oxygen atoms in total. The van der Waals surface area contributed by atoms with Crippen molar-refractivity contribution < 1.29 is 14.3 Å². The number of hydrazone groups is 1. The second-order valence-electron chi connectivity index (χ2n) is 8.14. The summed E-state index contributed by atoms with van der Waals surface area (Å²) < 4.78 is 10.8. The average molecular weight is 369 g/mol. The standard InChI is InChI=1S/C19H36N4O3/c1-7-8-9-16(23-17(24)26-18(4,5)6)14(2)21-12-19(10-11-19)15(3)25-13-22-20/h13-14,16,21H,3,7-12,20H2,1-2,4-6H3,(H,23,24)/b22-13-. The Labute approximate surface area is 157 Å². The molecule has 0 aliphatic heterocycles. The predicted octanol–water partition coefficient (Wildman–Crippen LogP) is 3.26. The Bertz CT molecular complexity index is 496. The summed E-state index contributed by atoms with van der Waals surface area (Å²) in [6.07, 6.45) is 5.88. The molecular formula is C19H36N4O3. The lowest BCUT2D eigenvalue weighted by Gasteiger charge is -2.29. The lowest BCUT2D eigenvalue weighted by atomic mass is 10.0. The Hall–Kier alpha value is -1.76. The number of nitrogens with zero attached hydrogens (tertiary/aromatic N) is 1. The van der Waals surface area contributed by atoms with Crippen molar-refractivity contribution in [3.63, 3.8) is 0 Å². The topological polar surface area (TPSA) is 98.0 Å². The average Bonchev–Trinajstić information content (AvgIpc) is 3.33. The molecule has 7 heteroatoms. The number of rotatable bonds is 11. The molecule has 1 fully saturated rings. The molecule has 1 rings (SSSR count). The summed E-state index contributed by atoms with van der Waals surface area (Å²) >= 11 is 0. The number of amides is 1. The number of nitrogens with one attached hydrogen (secondary N) is 2. The fraction of sp³-hybridized carbons (Fsp3) is 0.789. The fourth-order valence-electron chi connectivity index (χ4n) is 2.75. The van der Waals surface area contributed by atoms with E-state index in [1.807, 2.05) is 20.8 Å². The summed E-state index contributed by atoms with van der Waals surface area (Å²) in [5, 5.41) is 9.89. The van der Waals surface area contributed by atoms with E-state index in [2.05, 4.69) is 36.2 Å². The van der Waals surface area contributed by atoms with Crippen LogP contribution in [0.3, 0.4) is 0 Å². The van der Waals surface area contributed by atoms with Crippen molar-refractivity contribution in [1.29, 1.82) is 0 Å². The molecule has 0 heterocycles. The summed E-state index contributed by atoms with van der Waals surface area (Å²) in [7, 11) is 0. The number of nitrogens with two attached hydrogens (primary N) is 1. The second kappa shape index (κ2) is 9.80. The lowest BCUT2D eigenvalue weighted by molar-refractivity contribution is 0.0489. The third kappa shape index (κ3) is 7.64. The highest BCUT2D eigenvalue weighted by Gasteiger charge is 2.47. The van der Waals surface area contributed by atoms with Crippen LogP contribution in [-0.4, -0.2) is 36.7 Å². The number of unbranched alkanes of at least 4 members (excludes halogenated alkanes) is 1. The highest BCUT2D eigenvalue weighted by molar-refractivity contribution is 5.68. The summed E-state index contributed by atoms with van der Waals surface area (Å²) in [6, 6.07) is 0.0999. The molecule has 0 aromatic heterocycles. The predicted molar refractivity (Wildman–Crippen MR) is 105 cm³/mol. The second-order valence-corrected chi connectivity index (χ2v) is 8.14. The van der Waals surface area contributed by atoms with Crippen LogP contribution in [0.2, 0.25) is 0 Å². The fourth-order valence-corrected chi connectivity index (χ4v) is 2.75. The molecule has 0 radical (unpaired) electrons. The molecule has 2 atom stereocenters. The molecule has 150 valence electrons. The third-order valence-corrected chi connectivity index (χ3v) is 4.64. The van der Waals surface area contributed by atoms with Gasteiger partial charge in [0.1, 0.15) is 11.4 Å². The van der Waals surface area contributed by atoms with E-state index < -0.39 is 5.60 Å². The van der Waals surface area contributed by atoms with E-state index in [0.29, 0.717) is 5.76 Å². The Kier molecular flexibility index (Phi) is 8.40. The van der Waals surface area contributed by atoms with Crippen molar-refractivity contribution in [3.8, 4) is 0 Å². The zero-order valence-electron chi connectivity index (χ0n) is 16.9. The van der Waals surface area contributed by atoms with Crippen LogP contribution in [0.5, 0.6) is 0 Å². The first-order valence-corrected chi connectivity index (χ1v) is 9.44. The molecular weight excluding hydrogens is 332 g/mol. The number of hydrogen-bond acceptors (Lipinski definition) is 6. The molecule has 2 unspecified atom stereocenters. The van der Waals surface area contributed by atoms with Crippen molar-refractivity contribution in [3.05, 3.63) is 12.3 Å². The molecule has 0 spiro atoms. The summed E-state index contributed by atoms with van der Waals surface area (Å²) in [6.45, 7) is 14.5. The maximum Gasteiger partial charge on any atom is 0.407 e. The first-order valence-electron chi connectivity index (χ1n) is 9.44. The zero-order valence-corrected chi connectivity index (χ0v) is 16.9. The van der Waals surface area contributed by atoms with Gasteiger partial charge in [-0.3, -0.25) is 0 Å². The van der Waals surface area contributed by atoms with Gasteiger partial charge in [-0.05, 0) is 47.0 Å². The minimum Gasteiger partial charge on any atom is -0.449 e. The van der Waals surface area contributed by atoms with E-state index in [1.165, 1.54) is 6.40 Å². The summed E-state index contributed by atoms with van der Waals surface area (Å²) in [5.74, 6) is 5.75. The van der Waals surface area contributed by atoms with Crippen LogP contribution in [0.15, 0.2) is 17.4 Å². The molecule has 26 heavy (non-hydrogen) atoms. The Balaban J connectivity index is 2.58. The van der Waals surface area contributed by atoms with Gasteiger partial charge in [0.25, 0.3) is 0 Å². The van der Waals surface area contributed by atoms with Crippen LogP contribution < -0.4 is 16.5 Å². The largest absolute Gasteiger partial charge is 0.449 e. The molecule has 1 amide bonds. The van der Waals surface area contributed by atoms with Gasteiger partial charge in [-0.25, -0.2) is 4.79 Å². The van der Waals surface area contributed by atoms with Crippen molar-refractivity contribution in [1.82, 2.24) is 10.6 Å². The van der Waals surface area contributed by atoms with Gasteiger partial charge in [-0.2, -0.15) is 5.10 Å². The van der Waals surface area contributed by atoms with E-state index in [0.717, 1.165) is 38.6 Å². The SMILES string of the molecule is C=C(O/C=N\N)C1(CNC(C)C(CCCC)NC(=O)OC(C)(C)C)CC1. The summed E-state index contributed by atoms with van der Waals surface area (Å²) in [5.41, 5.74) is -0.579. The molecule has 1 aliphatic carbocycles. The Morgan fingerprint density at radius 3 is 2.58 bits per heavy atom. The molecule has 1 aliphatic rings. The maximum absolute atomic E-state index is 12.2. The van der Waals surface area contributed by atoms with Gasteiger partial charge < -0.3 is 25.9 Å². The number of hydrogen-bond donors (Lipinski definition) is 3. The Morgan fingerprint density at radius 1 is 1.42 bits per heavy atom. The lowest BCUT2D eigenvalue weighted by Crippen LogP contribution is -2.50. The highest BCUT2D eigenvalue weighted by Crippen LogP contribution is 2.51. The summed E-state index contributed by atoms with van der Waals surface area (Å²) in [4.78, 5) is 12.2. The molecule has 0 aromatic carbocycles. The van der Waals surface area contributed by atoms with Gasteiger partial charge in [0.2, 0.25) is 0 Å². The van der Waals surface area contributed by atoms with Crippen LogP contribution >= 0.6 is 0 Å². The minimum absolute atomic E-state index is 0.000359. The van der Waals surface area contributed by atoms with Gasteiger partial charge >= 0.3 is 6.09 Å². The first kappa shape index (κ1) is 22.3. The van der Waals surface area contributed by atoms with Gasteiger partial charge in [0, 0.05) is 24.0 Å². The monoisotopic (exact) mass is 368 g/mol. The van der Waals surface area contributed by atoms with Gasteiger partial charge in [0.05, 0.1) is 0 Å². The molecule has 0 aromatic rings. The van der Waals surface area contributed by atoms with Crippen molar-refractivity contribution >= 4 is 12.5 Å². The van der Waals surface area contributed by atoms with E-state index in [-0.39, 0.29) is 23.6 Å². The number of carbonyl (C=O) groups excluding carboxylic acids is 1. The van der Waals surface area contributed by atoms with Crippen LogP contribution in [0.25, 0.3) is 0 Å². The van der Waals surface area contributed by atoms with E-state index in [4.69, 9.17) is 15.3 Å². The van der Waals surface area contributed by atoms with Crippen LogP contribution in [0.1, 0.15) is 66.7 Å². The van der Waals surface area contributed by atoms with E-state index >= 15 is 0 Å². The number of carbonyl (C=O) groups is 1. The van der Waals surface area contributed by atoms with Gasteiger partial charge in [-0.15, -0.1) is 0 Å². The van der Waals surface area contributed by atoms with Crippen molar-refractivity contribution in [2.75, 3.05) is 6.54 Å². The van der Waals surface area contributed by atoms with E-state index in [9.17, 15) is 4.79 Å².